The van der Waals surface area contributed by atoms with Gasteiger partial charge in [-0.3, -0.25) is 0 Å². The molecule has 0 unspecified atom stereocenters. The molecule has 194 valence electrons. The highest BCUT2D eigenvalue weighted by Crippen LogP contribution is 2.45. The summed E-state index contributed by atoms with van der Waals surface area (Å²) in [6, 6.07) is 22.4. The zero-order valence-corrected chi connectivity index (χ0v) is 22.1. The molecule has 3 aromatic carbocycles. The highest BCUT2D eigenvalue weighted by molar-refractivity contribution is 5.99. The number of carbonyl (C=O) groups excluding carboxylic acids is 1. The minimum atomic E-state index is -0.328. The van der Waals surface area contributed by atoms with Crippen LogP contribution in [0.5, 0.6) is 5.75 Å². The lowest BCUT2D eigenvalue weighted by Gasteiger charge is -2.24. The molecule has 1 heterocycles. The van der Waals surface area contributed by atoms with E-state index in [9.17, 15) is 4.79 Å². The van der Waals surface area contributed by atoms with Crippen molar-refractivity contribution in [2.24, 2.45) is 0 Å². The number of ether oxygens (including phenoxy) is 2. The molecule has 0 bridgehead atoms. The number of methoxy groups -OCH3 is 1. The first-order valence-corrected chi connectivity index (χ1v) is 13.4. The van der Waals surface area contributed by atoms with Gasteiger partial charge in [-0.15, -0.1) is 6.58 Å². The molecule has 0 spiro atoms. The number of hydrogen-bond donors (Lipinski definition) is 0. The fourth-order valence-electron chi connectivity index (χ4n) is 5.79. The highest BCUT2D eigenvalue weighted by Gasteiger charge is 2.27. The Morgan fingerprint density at radius 1 is 1.00 bits per heavy atom. The normalized spacial score (nSPS) is 13.8. The quantitative estimate of drug-likeness (QED) is 0.169. The number of nitrogens with zero attached hydrogens (tertiary/aromatic N) is 1. The summed E-state index contributed by atoms with van der Waals surface area (Å²) in [6.07, 6.45) is 9.92. The lowest BCUT2D eigenvalue weighted by Crippen LogP contribution is -2.07. The van der Waals surface area contributed by atoms with Crippen LogP contribution in [0.2, 0.25) is 0 Å². The Balaban J connectivity index is 1.66. The maximum absolute atomic E-state index is 12.4. The summed E-state index contributed by atoms with van der Waals surface area (Å²) in [4.78, 5) is 12.4. The third kappa shape index (κ3) is 5.04. The van der Waals surface area contributed by atoms with E-state index in [0.717, 1.165) is 28.0 Å². The van der Waals surface area contributed by atoms with E-state index < -0.39 is 0 Å². The zero-order valence-electron chi connectivity index (χ0n) is 22.1. The minimum absolute atomic E-state index is 0.328. The third-order valence-electron chi connectivity index (χ3n) is 7.60. The van der Waals surface area contributed by atoms with Crippen LogP contribution in [-0.2, 0) is 17.9 Å². The summed E-state index contributed by atoms with van der Waals surface area (Å²) in [5.74, 6) is 0.944. The number of esters is 1. The predicted molar refractivity (Wildman–Crippen MR) is 156 cm³/mol. The Morgan fingerprint density at radius 3 is 2.50 bits per heavy atom. The maximum atomic E-state index is 12.4. The number of benzene rings is 3. The van der Waals surface area contributed by atoms with Crippen molar-refractivity contribution in [2.75, 3.05) is 7.11 Å². The summed E-state index contributed by atoms with van der Waals surface area (Å²) in [5, 5.41) is 1.20. The van der Waals surface area contributed by atoms with Crippen LogP contribution in [0.4, 0.5) is 0 Å². The average molecular weight is 506 g/mol. The number of rotatable bonds is 9. The summed E-state index contributed by atoms with van der Waals surface area (Å²) < 4.78 is 13.5. The van der Waals surface area contributed by atoms with Gasteiger partial charge >= 0.3 is 5.97 Å². The van der Waals surface area contributed by atoms with Crippen molar-refractivity contribution in [2.45, 2.75) is 51.2 Å². The Hall–Kier alpha value is -4.05. The highest BCUT2D eigenvalue weighted by atomic mass is 16.5. The number of aromatic nitrogens is 1. The van der Waals surface area contributed by atoms with Gasteiger partial charge in [-0.25, -0.2) is 4.79 Å². The van der Waals surface area contributed by atoms with Crippen LogP contribution >= 0.6 is 0 Å². The third-order valence-corrected chi connectivity index (χ3v) is 7.60. The molecule has 4 heteroatoms. The van der Waals surface area contributed by atoms with E-state index in [-0.39, 0.29) is 5.97 Å². The van der Waals surface area contributed by atoms with Gasteiger partial charge in [-0.05, 0) is 65.8 Å². The molecule has 1 saturated carbocycles. The van der Waals surface area contributed by atoms with Crippen LogP contribution in [0.15, 0.2) is 86.0 Å². The Kier molecular flexibility index (Phi) is 7.78. The van der Waals surface area contributed by atoms with Crippen LogP contribution in [0.1, 0.15) is 65.1 Å². The molecule has 0 N–H and O–H groups in total. The molecule has 0 aliphatic heterocycles. The lowest BCUT2D eigenvalue weighted by atomic mass is 9.81. The van der Waals surface area contributed by atoms with E-state index in [1.165, 1.54) is 55.9 Å². The predicted octanol–water partition coefficient (Wildman–Crippen LogP) is 8.55. The Morgan fingerprint density at radius 2 is 1.79 bits per heavy atom. The number of carbonyl (C=O) groups is 1. The molecule has 1 fully saturated rings. The molecule has 38 heavy (non-hydrogen) atoms. The van der Waals surface area contributed by atoms with E-state index in [1.54, 1.807) is 0 Å². The molecular formula is C34H35NO3. The van der Waals surface area contributed by atoms with Gasteiger partial charge in [0, 0.05) is 23.0 Å². The van der Waals surface area contributed by atoms with Crippen LogP contribution in [0.3, 0.4) is 0 Å². The van der Waals surface area contributed by atoms with E-state index >= 15 is 0 Å². The first kappa shape index (κ1) is 25.6. The molecule has 1 aliphatic carbocycles. The lowest BCUT2D eigenvalue weighted by molar-refractivity contribution is 0.0601. The second kappa shape index (κ2) is 11.6. The topological polar surface area (TPSA) is 40.5 Å². The molecule has 4 nitrogen and oxygen atoms in total. The molecule has 5 rings (SSSR count). The fourth-order valence-corrected chi connectivity index (χ4v) is 5.79. The number of hydrogen-bond acceptors (Lipinski definition) is 3. The summed E-state index contributed by atoms with van der Waals surface area (Å²) in [5.41, 5.74) is 7.39. The average Bonchev–Trinajstić information content (AvgIpc) is 3.29. The molecule has 0 amide bonds. The Labute approximate surface area is 225 Å². The van der Waals surface area contributed by atoms with Crippen LogP contribution in [0, 0.1) is 0 Å². The molecule has 4 aromatic rings. The molecule has 0 saturated heterocycles. The SMILES string of the molecule is C=CCn1c(-c2ccc(OCc3ccccc3)cc2C=C)c(C2CCCCC2)c2ccc(C(=O)OC)cc21. The van der Waals surface area contributed by atoms with Crippen molar-refractivity contribution in [3.05, 3.63) is 108 Å². The van der Waals surface area contributed by atoms with Crippen LogP contribution in [-0.4, -0.2) is 17.6 Å². The number of fused-ring (bicyclic) bond motifs is 1. The van der Waals surface area contributed by atoms with Crippen molar-refractivity contribution in [1.29, 1.82) is 0 Å². The smallest absolute Gasteiger partial charge is 0.337 e. The fraction of sp³-hybridized carbons (Fsp3) is 0.265. The molecule has 0 atom stereocenters. The van der Waals surface area contributed by atoms with Gasteiger partial charge in [0.25, 0.3) is 0 Å². The van der Waals surface area contributed by atoms with Crippen molar-refractivity contribution >= 4 is 22.9 Å². The van der Waals surface area contributed by atoms with Gasteiger partial charge in [0.1, 0.15) is 12.4 Å². The Bertz CT molecular complexity index is 1460. The van der Waals surface area contributed by atoms with E-state index in [1.807, 2.05) is 48.6 Å². The maximum Gasteiger partial charge on any atom is 0.337 e. The molecule has 0 radical (unpaired) electrons. The largest absolute Gasteiger partial charge is 0.489 e. The van der Waals surface area contributed by atoms with Gasteiger partial charge in [-0.1, -0.05) is 74.4 Å². The van der Waals surface area contributed by atoms with Crippen molar-refractivity contribution in [3.8, 4) is 17.0 Å². The van der Waals surface area contributed by atoms with E-state index in [4.69, 9.17) is 9.47 Å². The van der Waals surface area contributed by atoms with Gasteiger partial charge in [0.15, 0.2) is 0 Å². The van der Waals surface area contributed by atoms with Crippen LogP contribution in [0.25, 0.3) is 28.2 Å². The van der Waals surface area contributed by atoms with Gasteiger partial charge in [0.2, 0.25) is 0 Å². The first-order chi connectivity index (χ1) is 18.6. The van der Waals surface area contributed by atoms with Crippen molar-refractivity contribution in [3.63, 3.8) is 0 Å². The molecule has 1 aromatic heterocycles. The zero-order chi connectivity index (χ0) is 26.5. The molecule has 1 aliphatic rings. The van der Waals surface area contributed by atoms with Crippen LogP contribution < -0.4 is 4.74 Å². The number of allylic oxidation sites excluding steroid dienone is 1. The van der Waals surface area contributed by atoms with Gasteiger partial charge < -0.3 is 14.0 Å². The minimum Gasteiger partial charge on any atom is -0.489 e. The summed E-state index contributed by atoms with van der Waals surface area (Å²) in [7, 11) is 1.42. The second-order valence-electron chi connectivity index (χ2n) is 9.95. The monoisotopic (exact) mass is 505 g/mol. The summed E-state index contributed by atoms with van der Waals surface area (Å²) >= 11 is 0. The first-order valence-electron chi connectivity index (χ1n) is 13.4. The summed E-state index contributed by atoms with van der Waals surface area (Å²) in [6.45, 7) is 9.34. The van der Waals surface area contributed by atoms with E-state index in [2.05, 4.69) is 48.1 Å². The standard InChI is InChI=1S/C34H35NO3/c1-4-20-35-31-22-27(34(36)37-3)16-18-30(31)32(26-14-10-7-11-15-26)33(35)29-19-17-28(21-25(29)5-2)38-23-24-12-8-6-9-13-24/h4-6,8-9,12-13,16-19,21-22,26H,1-2,7,10-11,14-15,20,23H2,3H3. The van der Waals surface area contributed by atoms with Crippen molar-refractivity contribution in [1.82, 2.24) is 4.57 Å². The van der Waals surface area contributed by atoms with Gasteiger partial charge in [-0.2, -0.15) is 0 Å². The van der Waals surface area contributed by atoms with Crippen molar-refractivity contribution < 1.29 is 14.3 Å². The van der Waals surface area contributed by atoms with E-state index in [0.29, 0.717) is 24.6 Å². The second-order valence-corrected chi connectivity index (χ2v) is 9.95. The molecular weight excluding hydrogens is 470 g/mol. The van der Waals surface area contributed by atoms with Gasteiger partial charge in [0.05, 0.1) is 18.4 Å².